The Labute approximate surface area is 161 Å². The van der Waals surface area contributed by atoms with Crippen LogP contribution >= 0.6 is 11.8 Å². The fraction of sp³-hybridized carbons (Fsp3) is 0.300. The van der Waals surface area contributed by atoms with E-state index in [0.29, 0.717) is 23.3 Å². The summed E-state index contributed by atoms with van der Waals surface area (Å²) in [6, 6.07) is 11.6. The summed E-state index contributed by atoms with van der Waals surface area (Å²) in [5.74, 6) is -0.699. The van der Waals surface area contributed by atoms with Crippen LogP contribution in [0.3, 0.4) is 0 Å². The molecule has 0 aromatic heterocycles. The first-order chi connectivity index (χ1) is 13.0. The summed E-state index contributed by atoms with van der Waals surface area (Å²) in [4.78, 5) is 23.3. The van der Waals surface area contributed by atoms with Crippen LogP contribution in [0.5, 0.6) is 0 Å². The first-order valence-electron chi connectivity index (χ1n) is 8.41. The van der Waals surface area contributed by atoms with Crippen LogP contribution in [-0.4, -0.2) is 30.5 Å². The Morgan fingerprint density at radius 1 is 1.11 bits per heavy atom. The number of amides is 1. The molecule has 27 heavy (non-hydrogen) atoms. The summed E-state index contributed by atoms with van der Waals surface area (Å²) in [6.45, 7) is 0. The number of thioether (sulfide) groups is 1. The van der Waals surface area contributed by atoms with Crippen molar-refractivity contribution in [3.05, 3.63) is 71.3 Å². The molecule has 0 bridgehead atoms. The van der Waals surface area contributed by atoms with E-state index in [-0.39, 0.29) is 29.9 Å². The van der Waals surface area contributed by atoms with Crippen molar-refractivity contribution in [3.63, 3.8) is 0 Å². The number of carbonyl (C=O) groups excluding carboxylic acids is 2. The van der Waals surface area contributed by atoms with Gasteiger partial charge in [0.2, 0.25) is 5.91 Å². The lowest BCUT2D eigenvalue weighted by atomic mass is 9.98. The molecule has 0 aliphatic heterocycles. The van der Waals surface area contributed by atoms with Crippen molar-refractivity contribution in [1.29, 1.82) is 0 Å². The van der Waals surface area contributed by atoms with Gasteiger partial charge < -0.3 is 10.1 Å². The second kappa shape index (κ2) is 10.7. The number of hydrogen-bond donors (Lipinski definition) is 1. The number of hydrogen-bond acceptors (Lipinski definition) is 4. The smallest absolute Gasteiger partial charge is 0.315 e. The summed E-state index contributed by atoms with van der Waals surface area (Å²) < 4.78 is 31.6. The number of methoxy groups -OCH3 is 1. The maximum Gasteiger partial charge on any atom is 0.315 e. The molecule has 0 aliphatic rings. The van der Waals surface area contributed by atoms with Gasteiger partial charge in [-0.25, -0.2) is 8.78 Å². The van der Waals surface area contributed by atoms with E-state index in [4.69, 9.17) is 0 Å². The van der Waals surface area contributed by atoms with Crippen LogP contribution < -0.4 is 5.32 Å². The van der Waals surface area contributed by atoms with E-state index < -0.39 is 11.9 Å². The van der Waals surface area contributed by atoms with Crippen molar-refractivity contribution in [3.8, 4) is 0 Å². The monoisotopic (exact) mass is 393 g/mol. The average Bonchev–Trinajstić information content (AvgIpc) is 2.64. The zero-order chi connectivity index (χ0) is 19.6. The number of rotatable bonds is 9. The molecule has 1 unspecified atom stereocenters. The normalized spacial score (nSPS) is 11.7. The predicted molar refractivity (Wildman–Crippen MR) is 101 cm³/mol. The van der Waals surface area contributed by atoms with Crippen LogP contribution in [0.15, 0.2) is 48.5 Å². The van der Waals surface area contributed by atoms with Crippen LogP contribution in [0.1, 0.15) is 23.6 Å². The molecule has 7 heteroatoms. The van der Waals surface area contributed by atoms with Crippen molar-refractivity contribution in [2.45, 2.75) is 18.9 Å². The second-order valence-electron chi connectivity index (χ2n) is 5.89. The van der Waals surface area contributed by atoms with Crippen molar-refractivity contribution in [2.24, 2.45) is 0 Å². The SMILES string of the molecule is COC(=O)CSCCC(=O)NC(Cc1cccc(F)c1)c1cccc(F)c1. The van der Waals surface area contributed by atoms with Crippen molar-refractivity contribution in [1.82, 2.24) is 5.32 Å². The number of esters is 1. The molecule has 0 spiro atoms. The van der Waals surface area contributed by atoms with Gasteiger partial charge in [0.25, 0.3) is 0 Å². The standard InChI is InChI=1S/C20H21F2NO3S/c1-26-20(25)13-27-9-8-19(24)23-18(15-5-3-7-17(22)12-15)11-14-4-2-6-16(21)10-14/h2-7,10,12,18H,8-9,11,13H2,1H3,(H,23,24). The summed E-state index contributed by atoms with van der Waals surface area (Å²) in [6.07, 6.45) is 0.541. The molecule has 1 atom stereocenters. The third-order valence-electron chi connectivity index (χ3n) is 3.84. The van der Waals surface area contributed by atoms with Crippen LogP contribution in [0.4, 0.5) is 8.78 Å². The van der Waals surface area contributed by atoms with Gasteiger partial charge in [0.05, 0.1) is 18.9 Å². The van der Waals surface area contributed by atoms with Crippen molar-refractivity contribution >= 4 is 23.6 Å². The van der Waals surface area contributed by atoms with Crippen LogP contribution in [-0.2, 0) is 20.7 Å². The minimum absolute atomic E-state index is 0.181. The van der Waals surface area contributed by atoms with Gasteiger partial charge in [-0.1, -0.05) is 24.3 Å². The van der Waals surface area contributed by atoms with Gasteiger partial charge in [-0.15, -0.1) is 11.8 Å². The Balaban J connectivity index is 2.01. The highest BCUT2D eigenvalue weighted by Gasteiger charge is 2.16. The quantitative estimate of drug-likeness (QED) is 0.522. The molecule has 1 amide bonds. The Morgan fingerprint density at radius 3 is 2.48 bits per heavy atom. The topological polar surface area (TPSA) is 55.4 Å². The molecule has 0 heterocycles. The van der Waals surface area contributed by atoms with E-state index in [1.54, 1.807) is 24.3 Å². The maximum absolute atomic E-state index is 13.6. The van der Waals surface area contributed by atoms with E-state index in [0.717, 1.165) is 0 Å². The first-order valence-corrected chi connectivity index (χ1v) is 9.57. The molecule has 4 nitrogen and oxygen atoms in total. The highest BCUT2D eigenvalue weighted by atomic mass is 32.2. The molecule has 0 fully saturated rings. The predicted octanol–water partition coefficient (Wildman–Crippen LogP) is 3.66. The van der Waals surface area contributed by atoms with E-state index in [1.807, 2.05) is 0 Å². The maximum atomic E-state index is 13.6. The first kappa shape index (κ1) is 20.9. The molecular formula is C20H21F2NO3S. The lowest BCUT2D eigenvalue weighted by molar-refractivity contribution is -0.137. The molecule has 2 aromatic rings. The Kier molecular flexibility index (Phi) is 8.26. The van der Waals surface area contributed by atoms with E-state index in [2.05, 4.69) is 10.1 Å². The minimum Gasteiger partial charge on any atom is -0.468 e. The van der Waals surface area contributed by atoms with Gasteiger partial charge in [0.1, 0.15) is 11.6 Å². The molecule has 2 rings (SSSR count). The van der Waals surface area contributed by atoms with E-state index in [1.165, 1.54) is 43.1 Å². The molecule has 1 N–H and O–H groups in total. The third-order valence-corrected chi connectivity index (χ3v) is 4.77. The minimum atomic E-state index is -0.486. The number of ether oxygens (including phenoxy) is 1. The van der Waals surface area contributed by atoms with Gasteiger partial charge in [0.15, 0.2) is 0 Å². The number of benzene rings is 2. The summed E-state index contributed by atoms with van der Waals surface area (Å²) in [5, 5.41) is 2.87. The Morgan fingerprint density at radius 2 is 1.81 bits per heavy atom. The molecule has 0 radical (unpaired) electrons. The molecule has 0 saturated heterocycles. The number of carbonyl (C=O) groups is 2. The third kappa shape index (κ3) is 7.38. The van der Waals surface area contributed by atoms with E-state index >= 15 is 0 Å². The Hall–Kier alpha value is -2.41. The summed E-state index contributed by atoms with van der Waals surface area (Å²) >= 11 is 1.30. The van der Waals surface area contributed by atoms with Gasteiger partial charge in [0, 0.05) is 12.2 Å². The average molecular weight is 393 g/mol. The van der Waals surface area contributed by atoms with Gasteiger partial charge in [-0.05, 0) is 41.8 Å². The molecule has 0 saturated carbocycles. The molecule has 144 valence electrons. The van der Waals surface area contributed by atoms with Gasteiger partial charge in [-0.3, -0.25) is 9.59 Å². The van der Waals surface area contributed by atoms with Gasteiger partial charge >= 0.3 is 5.97 Å². The van der Waals surface area contributed by atoms with Crippen molar-refractivity contribution in [2.75, 3.05) is 18.6 Å². The van der Waals surface area contributed by atoms with E-state index in [9.17, 15) is 18.4 Å². The van der Waals surface area contributed by atoms with Crippen LogP contribution in [0.2, 0.25) is 0 Å². The zero-order valence-corrected chi connectivity index (χ0v) is 15.7. The lowest BCUT2D eigenvalue weighted by Crippen LogP contribution is -2.30. The fourth-order valence-corrected chi connectivity index (χ4v) is 3.28. The highest BCUT2D eigenvalue weighted by molar-refractivity contribution is 7.99. The second-order valence-corrected chi connectivity index (χ2v) is 6.99. The van der Waals surface area contributed by atoms with Crippen LogP contribution in [0.25, 0.3) is 0 Å². The highest BCUT2D eigenvalue weighted by Crippen LogP contribution is 2.20. The number of halogens is 2. The summed E-state index contributed by atoms with van der Waals surface area (Å²) in [7, 11) is 1.31. The van der Waals surface area contributed by atoms with Crippen LogP contribution in [0, 0.1) is 11.6 Å². The van der Waals surface area contributed by atoms with Gasteiger partial charge in [-0.2, -0.15) is 0 Å². The molecule has 2 aromatic carbocycles. The Bertz CT molecular complexity index is 785. The largest absolute Gasteiger partial charge is 0.468 e. The molecule has 0 aliphatic carbocycles. The number of nitrogens with one attached hydrogen (secondary N) is 1. The zero-order valence-electron chi connectivity index (χ0n) is 14.9. The summed E-state index contributed by atoms with van der Waals surface area (Å²) in [5.41, 5.74) is 1.31. The molecular weight excluding hydrogens is 372 g/mol. The van der Waals surface area contributed by atoms with Crippen molar-refractivity contribution < 1.29 is 23.1 Å². The lowest BCUT2D eigenvalue weighted by Gasteiger charge is -2.20. The fourth-order valence-electron chi connectivity index (χ4n) is 2.52.